The van der Waals surface area contributed by atoms with Crippen molar-refractivity contribution in [1.82, 2.24) is 5.32 Å². The number of hydrogen-bond donors (Lipinski definition) is 2. The van der Waals surface area contributed by atoms with Gasteiger partial charge in [0.1, 0.15) is 0 Å². The van der Waals surface area contributed by atoms with Crippen LogP contribution >= 0.6 is 0 Å². The number of rotatable bonds is 20. The molecule has 24 heavy (non-hydrogen) atoms. The third-order valence-electron chi connectivity index (χ3n) is 4.92. The summed E-state index contributed by atoms with van der Waals surface area (Å²) in [6.07, 6.45) is 24.5. The van der Waals surface area contributed by atoms with E-state index in [0.29, 0.717) is 0 Å². The van der Waals surface area contributed by atoms with E-state index in [4.69, 9.17) is 5.73 Å². The van der Waals surface area contributed by atoms with Crippen molar-refractivity contribution in [3.63, 3.8) is 0 Å². The quantitative estimate of drug-likeness (QED) is 0.246. The third kappa shape index (κ3) is 21.9. The van der Waals surface area contributed by atoms with Gasteiger partial charge in [-0.25, -0.2) is 0 Å². The van der Waals surface area contributed by atoms with Gasteiger partial charge >= 0.3 is 0 Å². The first kappa shape index (κ1) is 23.9. The monoisotopic (exact) mass is 340 g/mol. The van der Waals surface area contributed by atoms with E-state index in [-0.39, 0.29) is 6.04 Å². The average Bonchev–Trinajstić information content (AvgIpc) is 2.56. The van der Waals surface area contributed by atoms with Crippen LogP contribution in [0.15, 0.2) is 0 Å². The summed E-state index contributed by atoms with van der Waals surface area (Å²) in [5.74, 6) is 0. The van der Waals surface area contributed by atoms with E-state index in [0.717, 1.165) is 13.1 Å². The van der Waals surface area contributed by atoms with Gasteiger partial charge in [-0.3, -0.25) is 0 Å². The summed E-state index contributed by atoms with van der Waals surface area (Å²) < 4.78 is 0. The fourth-order valence-electron chi connectivity index (χ4n) is 3.30. The van der Waals surface area contributed by atoms with Crippen molar-refractivity contribution < 1.29 is 0 Å². The molecule has 0 saturated carbocycles. The molecular weight excluding hydrogens is 292 g/mol. The normalized spacial score (nSPS) is 12.6. The summed E-state index contributed by atoms with van der Waals surface area (Å²) in [7, 11) is 0. The van der Waals surface area contributed by atoms with Crippen molar-refractivity contribution in [1.29, 1.82) is 0 Å². The van der Waals surface area contributed by atoms with Crippen LogP contribution in [0.25, 0.3) is 0 Å². The lowest BCUT2D eigenvalue weighted by Crippen LogP contribution is -2.31. The van der Waals surface area contributed by atoms with Gasteiger partial charge in [0.05, 0.1) is 0 Å². The molecule has 0 radical (unpaired) electrons. The molecule has 0 amide bonds. The fourth-order valence-corrected chi connectivity index (χ4v) is 3.30. The van der Waals surface area contributed by atoms with Crippen molar-refractivity contribution in [2.45, 2.75) is 129 Å². The summed E-state index contributed by atoms with van der Waals surface area (Å²) in [5.41, 5.74) is 5.71. The molecule has 0 rings (SSSR count). The zero-order valence-corrected chi connectivity index (χ0v) is 17.1. The molecule has 0 heterocycles. The Morgan fingerprint density at radius 3 is 1.25 bits per heavy atom. The minimum Gasteiger partial charge on any atom is -0.327 e. The highest BCUT2D eigenvalue weighted by atomic mass is 14.9. The van der Waals surface area contributed by atoms with E-state index < -0.39 is 0 Å². The van der Waals surface area contributed by atoms with Gasteiger partial charge in [0.15, 0.2) is 0 Å². The van der Waals surface area contributed by atoms with E-state index in [2.05, 4.69) is 19.2 Å². The second-order valence-corrected chi connectivity index (χ2v) is 7.84. The predicted octanol–water partition coefficient (Wildman–Crippen LogP) is 6.57. The van der Waals surface area contributed by atoms with Crippen molar-refractivity contribution in [2.75, 3.05) is 13.1 Å². The molecule has 1 unspecified atom stereocenters. The lowest BCUT2D eigenvalue weighted by atomic mass is 10.0. The van der Waals surface area contributed by atoms with Crippen LogP contribution in [0.4, 0.5) is 0 Å². The summed E-state index contributed by atoms with van der Waals surface area (Å²) >= 11 is 0. The van der Waals surface area contributed by atoms with Gasteiger partial charge in [0.25, 0.3) is 0 Å². The van der Waals surface area contributed by atoms with Gasteiger partial charge in [-0.15, -0.1) is 0 Å². The number of nitrogens with one attached hydrogen (secondary N) is 1. The van der Waals surface area contributed by atoms with Crippen molar-refractivity contribution in [2.24, 2.45) is 5.73 Å². The highest BCUT2D eigenvalue weighted by Gasteiger charge is 1.95. The highest BCUT2D eigenvalue weighted by molar-refractivity contribution is 4.57. The molecule has 1 atom stereocenters. The molecule has 0 aliphatic rings. The molecular formula is C22H48N2. The lowest BCUT2D eigenvalue weighted by Gasteiger charge is -2.07. The maximum absolute atomic E-state index is 5.71. The lowest BCUT2D eigenvalue weighted by molar-refractivity contribution is 0.520. The molecule has 0 fully saturated rings. The number of unbranched alkanes of at least 4 members (excludes halogenated alkanes) is 16. The van der Waals surface area contributed by atoms with Gasteiger partial charge in [-0.1, -0.05) is 110 Å². The van der Waals surface area contributed by atoms with Gasteiger partial charge in [0.2, 0.25) is 0 Å². The molecule has 2 heteroatoms. The molecule has 0 spiro atoms. The Hall–Kier alpha value is -0.0800. The second kappa shape index (κ2) is 21.0. The molecule has 0 aromatic heterocycles. The SMILES string of the molecule is CCCCCCCCCCCCCCCCCCCNCC(C)N. The second-order valence-electron chi connectivity index (χ2n) is 7.84. The minimum absolute atomic E-state index is 0.288. The first-order valence-corrected chi connectivity index (χ1v) is 11.2. The Kier molecular flexibility index (Phi) is 20.9. The first-order valence-electron chi connectivity index (χ1n) is 11.2. The van der Waals surface area contributed by atoms with Crippen LogP contribution in [-0.4, -0.2) is 19.1 Å². The van der Waals surface area contributed by atoms with Crippen LogP contribution in [0.2, 0.25) is 0 Å². The van der Waals surface area contributed by atoms with Crippen LogP contribution in [-0.2, 0) is 0 Å². The molecule has 0 bridgehead atoms. The largest absolute Gasteiger partial charge is 0.327 e. The molecule has 0 aromatic rings. The van der Waals surface area contributed by atoms with Gasteiger partial charge in [-0.05, 0) is 19.9 Å². The third-order valence-corrected chi connectivity index (χ3v) is 4.92. The van der Waals surface area contributed by atoms with Crippen LogP contribution < -0.4 is 11.1 Å². The zero-order chi connectivity index (χ0) is 17.7. The molecule has 146 valence electrons. The zero-order valence-electron chi connectivity index (χ0n) is 17.1. The van der Waals surface area contributed by atoms with Gasteiger partial charge in [0, 0.05) is 12.6 Å². The number of hydrogen-bond acceptors (Lipinski definition) is 2. The predicted molar refractivity (Wildman–Crippen MR) is 111 cm³/mol. The molecule has 3 N–H and O–H groups in total. The minimum atomic E-state index is 0.288. The summed E-state index contributed by atoms with van der Waals surface area (Å²) in [6.45, 7) is 6.45. The Morgan fingerprint density at radius 2 is 0.917 bits per heavy atom. The fraction of sp³-hybridized carbons (Fsp3) is 1.00. The van der Waals surface area contributed by atoms with Crippen LogP contribution in [0.5, 0.6) is 0 Å². The van der Waals surface area contributed by atoms with E-state index in [1.807, 2.05) is 0 Å². The molecule has 2 nitrogen and oxygen atoms in total. The van der Waals surface area contributed by atoms with E-state index in [9.17, 15) is 0 Å². The number of nitrogens with two attached hydrogens (primary N) is 1. The summed E-state index contributed by atoms with van der Waals surface area (Å²) in [4.78, 5) is 0. The Balaban J connectivity index is 2.95. The molecule has 0 saturated heterocycles. The van der Waals surface area contributed by atoms with Crippen molar-refractivity contribution in [3.05, 3.63) is 0 Å². The highest BCUT2D eigenvalue weighted by Crippen LogP contribution is 2.13. The standard InChI is InChI=1S/C22H48N2/c1-3-4-5-6-7-8-9-10-11-12-13-14-15-16-17-18-19-20-24-21-22(2)23/h22,24H,3-21,23H2,1-2H3. The van der Waals surface area contributed by atoms with Crippen LogP contribution in [0.3, 0.4) is 0 Å². The topological polar surface area (TPSA) is 38.0 Å². The van der Waals surface area contributed by atoms with E-state index in [1.54, 1.807) is 0 Å². The van der Waals surface area contributed by atoms with E-state index >= 15 is 0 Å². The van der Waals surface area contributed by atoms with Gasteiger partial charge < -0.3 is 11.1 Å². The van der Waals surface area contributed by atoms with Crippen molar-refractivity contribution in [3.8, 4) is 0 Å². The Morgan fingerprint density at radius 1 is 0.583 bits per heavy atom. The van der Waals surface area contributed by atoms with Crippen LogP contribution in [0, 0.1) is 0 Å². The molecule has 0 aliphatic heterocycles. The first-order chi connectivity index (χ1) is 11.8. The maximum Gasteiger partial charge on any atom is 0.0136 e. The summed E-state index contributed by atoms with van der Waals surface area (Å²) in [6, 6.07) is 0.288. The smallest absolute Gasteiger partial charge is 0.0136 e. The summed E-state index contributed by atoms with van der Waals surface area (Å²) in [5, 5.41) is 3.41. The maximum atomic E-state index is 5.71. The van der Waals surface area contributed by atoms with Crippen molar-refractivity contribution >= 4 is 0 Å². The average molecular weight is 341 g/mol. The van der Waals surface area contributed by atoms with Crippen LogP contribution in [0.1, 0.15) is 123 Å². The molecule has 0 aromatic carbocycles. The Labute approximate surface area is 153 Å². The Bertz CT molecular complexity index is 216. The van der Waals surface area contributed by atoms with E-state index in [1.165, 1.54) is 109 Å². The van der Waals surface area contributed by atoms with Gasteiger partial charge in [-0.2, -0.15) is 0 Å². The molecule has 0 aliphatic carbocycles.